The van der Waals surface area contributed by atoms with Gasteiger partial charge in [-0.2, -0.15) is 0 Å². The third-order valence-electron chi connectivity index (χ3n) is 3.10. The summed E-state index contributed by atoms with van der Waals surface area (Å²) >= 11 is 0. The molecule has 0 saturated carbocycles. The molecule has 0 aromatic heterocycles. The molecular weight excluding hydrogens is 204 g/mol. The van der Waals surface area contributed by atoms with Crippen molar-refractivity contribution in [3.8, 4) is 0 Å². The third-order valence-corrected chi connectivity index (χ3v) is 4.11. The first-order valence-corrected chi connectivity index (χ1v) is 9.00. The summed E-state index contributed by atoms with van der Waals surface area (Å²) in [6.07, 6.45) is 4.40. The maximum atomic E-state index is 11.2. The summed E-state index contributed by atoms with van der Waals surface area (Å²) in [5.74, 6) is 0.624. The lowest BCUT2D eigenvalue weighted by atomic mass is 9.73. The molecule has 0 bridgehead atoms. The van der Waals surface area contributed by atoms with Crippen LogP contribution in [0.4, 0.5) is 0 Å². The lowest BCUT2D eigenvalue weighted by molar-refractivity contribution is -0.117. The Morgan fingerprint density at radius 1 is 1.53 bits per heavy atom. The van der Waals surface area contributed by atoms with E-state index < -0.39 is 8.32 Å². The zero-order valence-electron chi connectivity index (χ0n) is 10.5. The first-order valence-electron chi connectivity index (χ1n) is 5.59. The van der Waals surface area contributed by atoms with Crippen LogP contribution in [0.5, 0.6) is 0 Å². The molecule has 1 aliphatic carbocycles. The fourth-order valence-corrected chi connectivity index (χ4v) is 2.36. The molecule has 0 heterocycles. The molecule has 0 spiro atoms. The van der Waals surface area contributed by atoms with E-state index in [1.54, 1.807) is 6.08 Å². The number of allylic oxidation sites excluding steroid dienone is 1. The minimum absolute atomic E-state index is 0.0359. The minimum atomic E-state index is -1.45. The average Bonchev–Trinajstić information content (AvgIpc) is 2.08. The quantitative estimate of drug-likeness (QED) is 0.692. The van der Waals surface area contributed by atoms with Crippen molar-refractivity contribution < 1.29 is 9.22 Å². The van der Waals surface area contributed by atoms with Gasteiger partial charge in [-0.3, -0.25) is 4.79 Å². The minimum Gasteiger partial charge on any atom is -0.417 e. The van der Waals surface area contributed by atoms with Crippen LogP contribution in [-0.4, -0.2) is 20.7 Å². The molecule has 0 radical (unpaired) electrons. The average molecular weight is 226 g/mol. The van der Waals surface area contributed by atoms with Crippen LogP contribution in [0.3, 0.4) is 0 Å². The molecule has 2 atom stereocenters. The van der Waals surface area contributed by atoms with E-state index in [-0.39, 0.29) is 11.2 Å². The van der Waals surface area contributed by atoms with E-state index in [1.165, 1.54) is 0 Å². The highest BCUT2D eigenvalue weighted by molar-refractivity contribution is 6.69. The van der Waals surface area contributed by atoms with Crippen LogP contribution >= 0.6 is 0 Å². The molecule has 15 heavy (non-hydrogen) atoms. The Morgan fingerprint density at radius 3 is 2.60 bits per heavy atom. The van der Waals surface area contributed by atoms with Crippen molar-refractivity contribution in [2.45, 2.75) is 39.9 Å². The third kappa shape index (κ3) is 3.58. The van der Waals surface area contributed by atoms with Gasteiger partial charge in [0.2, 0.25) is 0 Å². The standard InChI is InChI=1S/C12H22O2Si/c1-10-8-11(13)6-7-12(10,2)9-14-15(3,4)5/h6-7,10H,8-9H2,1-5H3/t10-,12-/m0/s1. The Hall–Kier alpha value is -0.413. The summed E-state index contributed by atoms with van der Waals surface area (Å²) in [7, 11) is -1.45. The summed E-state index contributed by atoms with van der Waals surface area (Å²) in [5.41, 5.74) is 0.0359. The van der Waals surface area contributed by atoms with Crippen LogP contribution in [0, 0.1) is 11.3 Å². The van der Waals surface area contributed by atoms with Crippen molar-refractivity contribution in [2.75, 3.05) is 6.61 Å². The van der Waals surface area contributed by atoms with E-state index in [1.807, 2.05) is 6.08 Å². The normalized spacial score (nSPS) is 32.1. The van der Waals surface area contributed by atoms with Crippen molar-refractivity contribution in [3.63, 3.8) is 0 Å². The molecular formula is C12H22O2Si. The van der Waals surface area contributed by atoms with Gasteiger partial charge in [-0.1, -0.05) is 19.9 Å². The van der Waals surface area contributed by atoms with Gasteiger partial charge < -0.3 is 4.43 Å². The van der Waals surface area contributed by atoms with E-state index >= 15 is 0 Å². The van der Waals surface area contributed by atoms with Crippen molar-refractivity contribution in [1.29, 1.82) is 0 Å². The molecule has 86 valence electrons. The van der Waals surface area contributed by atoms with Crippen LogP contribution in [-0.2, 0) is 9.22 Å². The number of hydrogen-bond acceptors (Lipinski definition) is 2. The number of carbonyl (C=O) groups excluding carboxylic acids is 1. The van der Waals surface area contributed by atoms with Gasteiger partial charge in [0.15, 0.2) is 14.1 Å². The lowest BCUT2D eigenvalue weighted by Crippen LogP contribution is -2.38. The lowest BCUT2D eigenvalue weighted by Gasteiger charge is -2.37. The molecule has 0 fully saturated rings. The van der Waals surface area contributed by atoms with Gasteiger partial charge in [-0.25, -0.2) is 0 Å². The first kappa shape index (κ1) is 12.7. The summed E-state index contributed by atoms with van der Waals surface area (Å²) < 4.78 is 5.95. The molecule has 0 unspecified atom stereocenters. The number of ketones is 1. The molecule has 0 saturated heterocycles. The first-order chi connectivity index (χ1) is 6.73. The second-order valence-corrected chi connectivity index (χ2v) is 10.3. The summed E-state index contributed by atoms with van der Waals surface area (Å²) in [4.78, 5) is 11.2. The Bertz CT molecular complexity index is 278. The highest BCUT2D eigenvalue weighted by Crippen LogP contribution is 2.35. The molecule has 3 heteroatoms. The van der Waals surface area contributed by atoms with Gasteiger partial charge in [-0.05, 0) is 31.6 Å². The zero-order valence-corrected chi connectivity index (χ0v) is 11.5. The topological polar surface area (TPSA) is 26.3 Å². The second kappa shape index (κ2) is 4.22. The maximum absolute atomic E-state index is 11.2. The van der Waals surface area contributed by atoms with Crippen LogP contribution < -0.4 is 0 Å². The van der Waals surface area contributed by atoms with Crippen molar-refractivity contribution in [1.82, 2.24) is 0 Å². The molecule has 0 aliphatic heterocycles. The van der Waals surface area contributed by atoms with Gasteiger partial charge in [0.1, 0.15) is 0 Å². The van der Waals surface area contributed by atoms with E-state index in [2.05, 4.69) is 33.5 Å². The fourth-order valence-electron chi connectivity index (χ4n) is 1.61. The van der Waals surface area contributed by atoms with Gasteiger partial charge >= 0.3 is 0 Å². The smallest absolute Gasteiger partial charge is 0.183 e. The Balaban J connectivity index is 2.66. The molecule has 0 amide bonds. The van der Waals surface area contributed by atoms with Crippen LogP contribution in [0.15, 0.2) is 12.2 Å². The molecule has 0 aromatic carbocycles. The van der Waals surface area contributed by atoms with E-state index in [0.29, 0.717) is 12.3 Å². The SMILES string of the molecule is C[C@H]1CC(=O)C=C[C@@]1(C)CO[Si](C)(C)C. The van der Waals surface area contributed by atoms with E-state index in [0.717, 1.165) is 6.61 Å². The van der Waals surface area contributed by atoms with Crippen LogP contribution in [0.1, 0.15) is 20.3 Å². The van der Waals surface area contributed by atoms with Crippen molar-refractivity contribution in [3.05, 3.63) is 12.2 Å². The highest BCUT2D eigenvalue weighted by Gasteiger charge is 2.34. The maximum Gasteiger partial charge on any atom is 0.183 e. The zero-order chi connectivity index (χ0) is 11.7. The molecule has 1 rings (SSSR count). The predicted octanol–water partition coefficient (Wildman–Crippen LogP) is 3.01. The van der Waals surface area contributed by atoms with Gasteiger partial charge in [0, 0.05) is 18.4 Å². The number of hydrogen-bond donors (Lipinski definition) is 0. The van der Waals surface area contributed by atoms with Crippen LogP contribution in [0.2, 0.25) is 19.6 Å². The fraction of sp³-hybridized carbons (Fsp3) is 0.750. The van der Waals surface area contributed by atoms with E-state index in [9.17, 15) is 4.79 Å². The van der Waals surface area contributed by atoms with Crippen molar-refractivity contribution >= 4 is 14.1 Å². The number of carbonyl (C=O) groups is 1. The van der Waals surface area contributed by atoms with Gasteiger partial charge in [0.05, 0.1) is 0 Å². The molecule has 0 aromatic rings. The van der Waals surface area contributed by atoms with E-state index in [4.69, 9.17) is 4.43 Å². The summed E-state index contributed by atoms with van der Waals surface area (Å²) in [6.45, 7) is 11.6. The van der Waals surface area contributed by atoms with Gasteiger partial charge in [0.25, 0.3) is 0 Å². The number of rotatable bonds is 3. The largest absolute Gasteiger partial charge is 0.417 e. The highest BCUT2D eigenvalue weighted by atomic mass is 28.4. The molecule has 2 nitrogen and oxygen atoms in total. The monoisotopic (exact) mass is 226 g/mol. The second-order valence-electron chi connectivity index (χ2n) is 5.81. The Morgan fingerprint density at radius 2 is 2.13 bits per heavy atom. The molecule has 0 N–H and O–H groups in total. The van der Waals surface area contributed by atoms with Gasteiger partial charge in [-0.15, -0.1) is 0 Å². The summed E-state index contributed by atoms with van der Waals surface area (Å²) in [5, 5.41) is 0. The Labute approximate surface area is 93.8 Å². The predicted molar refractivity (Wildman–Crippen MR) is 65.3 cm³/mol. The summed E-state index contributed by atoms with van der Waals surface area (Å²) in [6, 6.07) is 0. The Kier molecular flexibility index (Phi) is 3.56. The molecule has 1 aliphatic rings. The van der Waals surface area contributed by atoms with Crippen LogP contribution in [0.25, 0.3) is 0 Å². The van der Waals surface area contributed by atoms with Crippen molar-refractivity contribution in [2.24, 2.45) is 11.3 Å².